The highest BCUT2D eigenvalue weighted by Gasteiger charge is 2.28. The van der Waals surface area contributed by atoms with Crippen molar-refractivity contribution in [1.82, 2.24) is 4.90 Å². The van der Waals surface area contributed by atoms with Gasteiger partial charge < -0.3 is 4.90 Å². The van der Waals surface area contributed by atoms with E-state index in [1.54, 1.807) is 0 Å². The number of hydrogen-bond acceptors (Lipinski definition) is 1. The average Bonchev–Trinajstić information content (AvgIpc) is 2.55. The normalized spacial score (nSPS) is 16.6. The molecule has 2 radical (unpaired) electrons. The lowest BCUT2D eigenvalue weighted by molar-refractivity contribution is 0.0891. The molecule has 0 aromatic heterocycles. The molecular weight excluding hydrogens is 301 g/mol. The first kappa shape index (κ1) is 20.3. The minimum Gasteiger partial charge on any atom is -0.302 e. The van der Waals surface area contributed by atoms with Crippen LogP contribution in [-0.2, 0) is 12.8 Å². The molecule has 1 aromatic carbocycles. The molecule has 1 aromatic rings. The van der Waals surface area contributed by atoms with E-state index in [0.717, 1.165) is 18.7 Å². The number of unbranched alkanes of at least 4 members (excludes halogenated alkanes) is 2. The molecule has 1 unspecified atom stereocenters. The van der Waals surface area contributed by atoms with Crippen molar-refractivity contribution in [3.05, 3.63) is 47.0 Å². The lowest BCUT2D eigenvalue weighted by Gasteiger charge is -2.41. The minimum absolute atomic E-state index is 0.634. The van der Waals surface area contributed by atoms with Crippen molar-refractivity contribution in [1.29, 1.82) is 0 Å². The summed E-state index contributed by atoms with van der Waals surface area (Å²) in [6.07, 6.45) is 8.08. The Morgan fingerprint density at radius 2 is 2.08 bits per heavy atom. The van der Waals surface area contributed by atoms with Crippen LogP contribution in [0.1, 0.15) is 56.2 Å². The van der Waals surface area contributed by atoms with E-state index in [1.807, 2.05) is 0 Å². The van der Waals surface area contributed by atoms with E-state index in [-0.39, 0.29) is 0 Å². The zero-order valence-electron chi connectivity index (χ0n) is 16.7. The molecule has 2 rings (SSSR count). The van der Waals surface area contributed by atoms with Crippen LogP contribution in [0.4, 0.5) is 0 Å². The highest BCUT2D eigenvalue weighted by molar-refractivity contribution is 6.08. The summed E-state index contributed by atoms with van der Waals surface area (Å²) in [7, 11) is 5.66. The van der Waals surface area contributed by atoms with Crippen LogP contribution in [0.5, 0.6) is 0 Å². The Bertz CT molecular complexity index is 545. The van der Waals surface area contributed by atoms with Gasteiger partial charge in [0.25, 0.3) is 0 Å². The van der Waals surface area contributed by atoms with Crippen LogP contribution in [0.25, 0.3) is 0 Å². The maximum Gasteiger partial charge on any atom is 0.0657 e. The number of rotatable bonds is 11. The summed E-state index contributed by atoms with van der Waals surface area (Å²) in [5.41, 5.74) is 5.77. The maximum absolute atomic E-state index is 5.66. The SMILES string of the molecule is [B]CCc1ccc(CC2CN(CC(C)C(=C)CCCCC)C2)c(C)c1. The molecule has 0 saturated carbocycles. The maximum atomic E-state index is 5.66. The van der Waals surface area contributed by atoms with E-state index in [2.05, 4.69) is 50.4 Å². The molecule has 1 saturated heterocycles. The number of likely N-dealkylation sites (tertiary alicyclic amines) is 1. The van der Waals surface area contributed by atoms with E-state index in [4.69, 9.17) is 7.85 Å². The second kappa shape index (κ2) is 10.2. The van der Waals surface area contributed by atoms with E-state index in [0.29, 0.717) is 5.92 Å². The fourth-order valence-corrected chi connectivity index (χ4v) is 3.94. The van der Waals surface area contributed by atoms with Crippen LogP contribution in [-0.4, -0.2) is 32.4 Å². The third-order valence-electron chi connectivity index (χ3n) is 5.71. The van der Waals surface area contributed by atoms with Gasteiger partial charge in [-0.15, -0.1) is 0 Å². The molecule has 136 valence electrons. The zero-order valence-corrected chi connectivity index (χ0v) is 16.7. The molecule has 2 heteroatoms. The second-order valence-electron chi connectivity index (χ2n) is 8.10. The predicted molar refractivity (Wildman–Crippen MR) is 112 cm³/mol. The van der Waals surface area contributed by atoms with Crippen molar-refractivity contribution in [3.8, 4) is 0 Å². The Labute approximate surface area is 157 Å². The molecule has 0 N–H and O–H groups in total. The summed E-state index contributed by atoms with van der Waals surface area (Å²) < 4.78 is 0. The average molecular weight is 337 g/mol. The Kier molecular flexibility index (Phi) is 8.29. The van der Waals surface area contributed by atoms with Gasteiger partial charge in [-0.3, -0.25) is 0 Å². The molecule has 0 bridgehead atoms. The predicted octanol–water partition coefficient (Wildman–Crippen LogP) is 5.37. The van der Waals surface area contributed by atoms with Gasteiger partial charge in [-0.1, -0.05) is 63.4 Å². The number of hydrogen-bond donors (Lipinski definition) is 0. The molecule has 0 spiro atoms. The van der Waals surface area contributed by atoms with E-state index >= 15 is 0 Å². The Morgan fingerprint density at radius 1 is 1.32 bits per heavy atom. The Hall–Kier alpha value is -1.02. The van der Waals surface area contributed by atoms with E-state index < -0.39 is 0 Å². The largest absolute Gasteiger partial charge is 0.302 e. The standard InChI is InChI=1S/C23H36BN/c1-5-6-7-8-18(2)20(4)15-25-16-22(17-25)14-23-10-9-21(11-12-24)13-19(23)3/h9-10,13,20,22H,2,5-8,11-12,14-17H2,1,3-4H3. The zero-order chi connectivity index (χ0) is 18.2. The van der Waals surface area contributed by atoms with Crippen LogP contribution in [0.3, 0.4) is 0 Å². The summed E-state index contributed by atoms with van der Waals surface area (Å²) >= 11 is 0. The summed E-state index contributed by atoms with van der Waals surface area (Å²) in [6, 6.07) is 6.90. The van der Waals surface area contributed by atoms with Crippen molar-refractivity contribution >= 4 is 7.85 Å². The molecule has 0 amide bonds. The van der Waals surface area contributed by atoms with Gasteiger partial charge in [0.2, 0.25) is 0 Å². The smallest absolute Gasteiger partial charge is 0.0657 e. The third-order valence-corrected chi connectivity index (χ3v) is 5.71. The summed E-state index contributed by atoms with van der Waals surface area (Å²) in [4.78, 5) is 2.61. The highest BCUT2D eigenvalue weighted by Crippen LogP contribution is 2.26. The Morgan fingerprint density at radius 3 is 2.72 bits per heavy atom. The minimum atomic E-state index is 0.634. The second-order valence-corrected chi connectivity index (χ2v) is 8.10. The number of nitrogens with zero attached hydrogens (tertiary/aromatic N) is 1. The first-order valence-corrected chi connectivity index (χ1v) is 10.2. The van der Waals surface area contributed by atoms with Crippen LogP contribution >= 0.6 is 0 Å². The van der Waals surface area contributed by atoms with Crippen molar-refractivity contribution < 1.29 is 0 Å². The first-order chi connectivity index (χ1) is 12.0. The fraction of sp³-hybridized carbons (Fsp3) is 0.652. The summed E-state index contributed by atoms with van der Waals surface area (Å²) in [5.74, 6) is 1.45. The van der Waals surface area contributed by atoms with Gasteiger partial charge in [0.1, 0.15) is 0 Å². The number of aryl methyl sites for hydroxylation is 2. The van der Waals surface area contributed by atoms with Crippen molar-refractivity contribution in [3.63, 3.8) is 0 Å². The van der Waals surface area contributed by atoms with Gasteiger partial charge in [0.15, 0.2) is 0 Å². The van der Waals surface area contributed by atoms with Gasteiger partial charge in [-0.2, -0.15) is 0 Å². The van der Waals surface area contributed by atoms with Crippen molar-refractivity contribution in [2.75, 3.05) is 19.6 Å². The quantitative estimate of drug-likeness (QED) is 0.298. The van der Waals surface area contributed by atoms with Gasteiger partial charge >= 0.3 is 0 Å². The van der Waals surface area contributed by atoms with Crippen molar-refractivity contribution in [2.45, 2.75) is 65.6 Å². The first-order valence-electron chi connectivity index (χ1n) is 10.2. The van der Waals surface area contributed by atoms with Crippen LogP contribution in [0.2, 0.25) is 6.32 Å². The number of benzene rings is 1. The lowest BCUT2D eigenvalue weighted by atomic mass is 9.87. The molecule has 0 aliphatic carbocycles. The molecule has 1 nitrogen and oxygen atoms in total. The van der Waals surface area contributed by atoms with Crippen LogP contribution in [0.15, 0.2) is 30.4 Å². The van der Waals surface area contributed by atoms with Gasteiger partial charge in [0.05, 0.1) is 7.85 Å². The molecule has 25 heavy (non-hydrogen) atoms. The van der Waals surface area contributed by atoms with E-state index in [1.165, 1.54) is 74.0 Å². The molecular formula is C23H36BN. The van der Waals surface area contributed by atoms with Crippen LogP contribution in [0, 0.1) is 18.8 Å². The third kappa shape index (κ3) is 6.33. The summed E-state index contributed by atoms with van der Waals surface area (Å²) in [6.45, 7) is 14.9. The van der Waals surface area contributed by atoms with Gasteiger partial charge in [0, 0.05) is 19.6 Å². The molecule has 1 fully saturated rings. The van der Waals surface area contributed by atoms with Gasteiger partial charge in [-0.25, -0.2) is 0 Å². The Balaban J connectivity index is 1.71. The molecule has 1 aliphatic rings. The fourth-order valence-electron chi connectivity index (χ4n) is 3.94. The van der Waals surface area contributed by atoms with Crippen molar-refractivity contribution in [2.24, 2.45) is 11.8 Å². The molecule has 1 atom stereocenters. The monoisotopic (exact) mass is 337 g/mol. The van der Waals surface area contributed by atoms with E-state index in [9.17, 15) is 0 Å². The molecule has 1 heterocycles. The molecule has 1 aliphatic heterocycles. The highest BCUT2D eigenvalue weighted by atomic mass is 15.2. The topological polar surface area (TPSA) is 3.24 Å². The lowest BCUT2D eigenvalue weighted by Crippen LogP contribution is -2.49. The summed E-state index contributed by atoms with van der Waals surface area (Å²) in [5, 5.41) is 0. The van der Waals surface area contributed by atoms with Crippen LogP contribution < -0.4 is 0 Å². The van der Waals surface area contributed by atoms with Gasteiger partial charge in [-0.05, 0) is 61.1 Å².